The number of hydrogen-bond donors (Lipinski definition) is 0. The van der Waals surface area contributed by atoms with Crippen LogP contribution in [0, 0.1) is 0 Å². The highest BCUT2D eigenvalue weighted by atomic mass is 79.9. The second kappa shape index (κ2) is 8.93. The summed E-state index contributed by atoms with van der Waals surface area (Å²) in [5, 5.41) is 1.79. The summed E-state index contributed by atoms with van der Waals surface area (Å²) in [5.41, 5.74) is 0.806. The van der Waals surface area contributed by atoms with E-state index in [9.17, 15) is 9.59 Å². The SMILES string of the molecule is COc1ccc(/C=C2\SC(=O)N(CCOc3cccc4ccccc34)C2=O)cc1Br. The van der Waals surface area contributed by atoms with Gasteiger partial charge in [-0.2, -0.15) is 0 Å². The molecule has 1 saturated heterocycles. The molecule has 0 saturated carbocycles. The van der Waals surface area contributed by atoms with Crippen LogP contribution in [0.5, 0.6) is 11.5 Å². The Morgan fingerprint density at radius 2 is 1.83 bits per heavy atom. The Hall–Kier alpha value is -2.77. The van der Waals surface area contributed by atoms with Gasteiger partial charge in [0.25, 0.3) is 11.1 Å². The summed E-state index contributed by atoms with van der Waals surface area (Å²) in [6.07, 6.45) is 1.71. The molecule has 0 atom stereocenters. The maximum absolute atomic E-state index is 12.7. The van der Waals surface area contributed by atoms with Gasteiger partial charge in [-0.05, 0) is 62.9 Å². The smallest absolute Gasteiger partial charge is 0.293 e. The van der Waals surface area contributed by atoms with Crippen LogP contribution >= 0.6 is 27.7 Å². The Morgan fingerprint density at radius 3 is 2.63 bits per heavy atom. The van der Waals surface area contributed by atoms with Gasteiger partial charge in [0.1, 0.15) is 18.1 Å². The van der Waals surface area contributed by atoms with Crippen LogP contribution in [0.15, 0.2) is 70.0 Å². The maximum Gasteiger partial charge on any atom is 0.293 e. The molecular formula is C23H18BrNO4S. The van der Waals surface area contributed by atoms with Crippen LogP contribution in [0.4, 0.5) is 4.79 Å². The summed E-state index contributed by atoms with van der Waals surface area (Å²) < 4.78 is 11.9. The molecule has 0 aromatic heterocycles. The topological polar surface area (TPSA) is 55.8 Å². The highest BCUT2D eigenvalue weighted by Crippen LogP contribution is 2.34. The molecule has 4 rings (SSSR count). The van der Waals surface area contributed by atoms with Crippen LogP contribution in [0.25, 0.3) is 16.8 Å². The molecule has 2 amide bonds. The molecule has 0 bridgehead atoms. The van der Waals surface area contributed by atoms with Gasteiger partial charge < -0.3 is 9.47 Å². The number of amides is 2. The second-order valence-corrected chi connectivity index (χ2v) is 8.40. The predicted octanol–water partition coefficient (Wildman–Crippen LogP) is 5.73. The fraction of sp³-hybridized carbons (Fsp3) is 0.130. The quantitative estimate of drug-likeness (QED) is 0.419. The molecular weight excluding hydrogens is 466 g/mol. The van der Waals surface area contributed by atoms with Crippen molar-refractivity contribution in [3.05, 3.63) is 75.6 Å². The highest BCUT2D eigenvalue weighted by molar-refractivity contribution is 9.10. The van der Waals surface area contributed by atoms with Gasteiger partial charge in [-0.1, -0.05) is 42.5 Å². The molecule has 5 nitrogen and oxygen atoms in total. The minimum absolute atomic E-state index is 0.192. The summed E-state index contributed by atoms with van der Waals surface area (Å²) in [4.78, 5) is 26.7. The fourth-order valence-corrected chi connectivity index (χ4v) is 4.61. The van der Waals surface area contributed by atoms with Crippen LogP contribution in [0.2, 0.25) is 0 Å². The van der Waals surface area contributed by atoms with Gasteiger partial charge in [0.05, 0.1) is 23.0 Å². The Labute approximate surface area is 186 Å². The lowest BCUT2D eigenvalue weighted by Gasteiger charge is -2.14. The third-order valence-corrected chi connectivity index (χ3v) is 6.20. The van der Waals surface area contributed by atoms with E-state index >= 15 is 0 Å². The van der Waals surface area contributed by atoms with E-state index in [0.717, 1.165) is 38.3 Å². The number of hydrogen-bond acceptors (Lipinski definition) is 5. The first kappa shape index (κ1) is 20.5. The molecule has 30 heavy (non-hydrogen) atoms. The zero-order valence-electron chi connectivity index (χ0n) is 16.1. The van der Waals surface area contributed by atoms with Crippen molar-refractivity contribution in [2.75, 3.05) is 20.3 Å². The maximum atomic E-state index is 12.7. The van der Waals surface area contributed by atoms with E-state index in [1.165, 1.54) is 4.90 Å². The second-order valence-electron chi connectivity index (χ2n) is 6.55. The van der Waals surface area contributed by atoms with E-state index in [0.29, 0.717) is 10.7 Å². The van der Waals surface area contributed by atoms with Gasteiger partial charge in [-0.3, -0.25) is 14.5 Å². The average molecular weight is 484 g/mol. The molecule has 1 heterocycles. The first-order valence-electron chi connectivity index (χ1n) is 9.26. The molecule has 0 radical (unpaired) electrons. The number of ether oxygens (including phenoxy) is 2. The Bertz CT molecular complexity index is 1160. The van der Waals surface area contributed by atoms with Crippen LogP contribution in [0.3, 0.4) is 0 Å². The molecule has 3 aromatic rings. The van der Waals surface area contributed by atoms with Gasteiger partial charge in [0, 0.05) is 5.39 Å². The number of nitrogens with zero attached hydrogens (tertiary/aromatic N) is 1. The van der Waals surface area contributed by atoms with Gasteiger partial charge in [-0.25, -0.2) is 0 Å². The number of benzene rings is 3. The van der Waals surface area contributed by atoms with Crippen molar-refractivity contribution in [2.45, 2.75) is 0 Å². The molecule has 7 heteroatoms. The van der Waals surface area contributed by atoms with Crippen LogP contribution in [-0.2, 0) is 4.79 Å². The van der Waals surface area contributed by atoms with Crippen molar-refractivity contribution < 1.29 is 19.1 Å². The van der Waals surface area contributed by atoms with Crippen molar-refractivity contribution in [1.82, 2.24) is 4.90 Å². The Balaban J connectivity index is 1.43. The van der Waals surface area contributed by atoms with Crippen molar-refractivity contribution in [2.24, 2.45) is 0 Å². The van der Waals surface area contributed by atoms with E-state index in [-0.39, 0.29) is 24.3 Å². The molecule has 1 aliphatic rings. The third-order valence-electron chi connectivity index (χ3n) is 4.67. The van der Waals surface area contributed by atoms with E-state index in [2.05, 4.69) is 15.9 Å². The number of imide groups is 1. The van der Waals surface area contributed by atoms with Gasteiger partial charge in [-0.15, -0.1) is 0 Å². The predicted molar refractivity (Wildman–Crippen MR) is 123 cm³/mol. The van der Waals surface area contributed by atoms with Gasteiger partial charge >= 0.3 is 0 Å². The van der Waals surface area contributed by atoms with Crippen LogP contribution < -0.4 is 9.47 Å². The lowest BCUT2D eigenvalue weighted by atomic mass is 10.1. The molecule has 152 valence electrons. The number of methoxy groups -OCH3 is 1. The zero-order chi connectivity index (χ0) is 21.1. The first-order valence-corrected chi connectivity index (χ1v) is 10.9. The lowest BCUT2D eigenvalue weighted by Crippen LogP contribution is -2.32. The Kier molecular flexibility index (Phi) is 6.11. The minimum atomic E-state index is -0.307. The largest absolute Gasteiger partial charge is 0.496 e. The summed E-state index contributed by atoms with van der Waals surface area (Å²) >= 11 is 4.37. The van der Waals surface area contributed by atoms with Crippen molar-refractivity contribution in [3.8, 4) is 11.5 Å². The number of carbonyl (C=O) groups excluding carboxylic acids is 2. The standard InChI is InChI=1S/C23H18BrNO4S/c1-28-20-10-9-15(13-18(20)24)14-21-22(26)25(23(27)30-21)11-12-29-19-8-4-6-16-5-2-3-7-17(16)19/h2-10,13-14H,11-12H2,1H3/b21-14-. The molecule has 0 N–H and O–H groups in total. The monoisotopic (exact) mass is 483 g/mol. The Morgan fingerprint density at radius 1 is 1.03 bits per heavy atom. The van der Waals surface area contributed by atoms with Crippen LogP contribution in [0.1, 0.15) is 5.56 Å². The summed E-state index contributed by atoms with van der Waals surface area (Å²) in [5.74, 6) is 1.13. The van der Waals surface area contributed by atoms with Gasteiger partial charge in [0.2, 0.25) is 0 Å². The van der Waals surface area contributed by atoms with Crippen LogP contribution in [-0.4, -0.2) is 36.3 Å². The fourth-order valence-electron chi connectivity index (χ4n) is 3.19. The van der Waals surface area contributed by atoms with E-state index in [4.69, 9.17) is 9.47 Å². The molecule has 1 fully saturated rings. The normalized spacial score (nSPS) is 15.3. The average Bonchev–Trinajstić information content (AvgIpc) is 3.01. The molecule has 3 aromatic carbocycles. The zero-order valence-corrected chi connectivity index (χ0v) is 18.5. The summed E-state index contributed by atoms with van der Waals surface area (Å²) in [7, 11) is 1.59. The molecule has 0 unspecified atom stereocenters. The third kappa shape index (κ3) is 4.22. The number of carbonyl (C=O) groups is 2. The van der Waals surface area contributed by atoms with Gasteiger partial charge in [0.15, 0.2) is 0 Å². The van der Waals surface area contributed by atoms with Crippen molar-refractivity contribution in [1.29, 1.82) is 0 Å². The van der Waals surface area contributed by atoms with E-state index < -0.39 is 0 Å². The highest BCUT2D eigenvalue weighted by Gasteiger charge is 2.34. The number of fused-ring (bicyclic) bond motifs is 1. The van der Waals surface area contributed by atoms with E-state index in [1.54, 1.807) is 19.3 Å². The van der Waals surface area contributed by atoms with Crippen molar-refractivity contribution in [3.63, 3.8) is 0 Å². The molecule has 0 spiro atoms. The molecule has 1 aliphatic heterocycles. The van der Waals surface area contributed by atoms with Crippen molar-refractivity contribution >= 4 is 55.7 Å². The molecule has 0 aliphatic carbocycles. The number of halogens is 1. The minimum Gasteiger partial charge on any atom is -0.496 e. The summed E-state index contributed by atoms with van der Waals surface area (Å²) in [6.45, 7) is 0.422. The van der Waals surface area contributed by atoms with E-state index in [1.807, 2.05) is 54.6 Å². The lowest BCUT2D eigenvalue weighted by molar-refractivity contribution is -0.123. The number of thioether (sulfide) groups is 1. The number of rotatable bonds is 6. The summed E-state index contributed by atoms with van der Waals surface area (Å²) in [6, 6.07) is 19.2. The first-order chi connectivity index (χ1) is 14.6.